The Labute approximate surface area is 184 Å². The topological polar surface area (TPSA) is 41.9 Å². The van der Waals surface area contributed by atoms with Crippen molar-refractivity contribution in [3.8, 4) is 24.3 Å². The number of aliphatic hydroxyl groups is 1. The SMILES string of the molecule is C#C.C/C=C\C(=C/C)CN(CC)Cc1ccc(OC)c2c1CC(CC(C)O)O2.CC. The fourth-order valence-electron chi connectivity index (χ4n) is 3.49. The molecule has 0 bridgehead atoms. The average Bonchev–Trinajstić information content (AvgIpc) is 3.18. The highest BCUT2D eigenvalue weighted by atomic mass is 16.5. The zero-order chi connectivity index (χ0) is 23.1. The minimum atomic E-state index is -0.367. The van der Waals surface area contributed by atoms with E-state index in [1.165, 1.54) is 16.7 Å². The highest BCUT2D eigenvalue weighted by Gasteiger charge is 2.29. The number of benzene rings is 1. The van der Waals surface area contributed by atoms with Gasteiger partial charge in [0.05, 0.1) is 13.2 Å². The van der Waals surface area contributed by atoms with Gasteiger partial charge in [-0.3, -0.25) is 4.90 Å². The molecule has 1 aromatic rings. The van der Waals surface area contributed by atoms with Crippen LogP contribution in [0.25, 0.3) is 0 Å². The third-order valence-corrected chi connectivity index (χ3v) is 4.86. The molecule has 0 aliphatic carbocycles. The Kier molecular flexibility index (Phi) is 14.4. The fraction of sp³-hybridized carbons (Fsp3) is 0.538. The Morgan fingerprint density at radius 3 is 2.50 bits per heavy atom. The number of fused-ring (bicyclic) bond motifs is 1. The van der Waals surface area contributed by atoms with Gasteiger partial charge in [-0.15, -0.1) is 12.8 Å². The predicted molar refractivity (Wildman–Crippen MR) is 128 cm³/mol. The van der Waals surface area contributed by atoms with Crippen LogP contribution in [0.5, 0.6) is 11.5 Å². The highest BCUT2D eigenvalue weighted by molar-refractivity contribution is 5.53. The molecular weight excluding hydrogens is 374 g/mol. The number of aliphatic hydroxyl groups excluding tert-OH is 1. The summed E-state index contributed by atoms with van der Waals surface area (Å²) in [6.45, 7) is 14.9. The Morgan fingerprint density at radius 1 is 1.33 bits per heavy atom. The van der Waals surface area contributed by atoms with Crippen molar-refractivity contribution in [2.45, 2.75) is 73.1 Å². The summed E-state index contributed by atoms with van der Waals surface area (Å²) in [5.74, 6) is 1.63. The summed E-state index contributed by atoms with van der Waals surface area (Å²) >= 11 is 0. The average molecular weight is 416 g/mol. The molecule has 0 fully saturated rings. The fourth-order valence-corrected chi connectivity index (χ4v) is 3.49. The molecule has 1 aromatic carbocycles. The second kappa shape index (κ2) is 15.6. The van der Waals surface area contributed by atoms with Gasteiger partial charge in [0.25, 0.3) is 0 Å². The molecule has 1 N–H and O–H groups in total. The second-order valence-electron chi connectivity index (χ2n) is 6.93. The van der Waals surface area contributed by atoms with Gasteiger partial charge in [0, 0.05) is 31.5 Å². The lowest BCUT2D eigenvalue weighted by Crippen LogP contribution is -2.25. The molecule has 0 saturated heterocycles. The molecule has 0 aromatic heterocycles. The molecule has 0 spiro atoms. The Balaban J connectivity index is 0.00000198. The predicted octanol–water partition coefficient (Wildman–Crippen LogP) is 5.39. The van der Waals surface area contributed by atoms with Crippen LogP contribution >= 0.6 is 0 Å². The molecule has 2 rings (SSSR count). The molecule has 168 valence electrons. The van der Waals surface area contributed by atoms with Crippen molar-refractivity contribution < 1.29 is 14.6 Å². The Hall–Kier alpha value is -2.22. The monoisotopic (exact) mass is 415 g/mol. The lowest BCUT2D eigenvalue weighted by Gasteiger charge is -2.22. The largest absolute Gasteiger partial charge is 0.493 e. The van der Waals surface area contributed by atoms with Gasteiger partial charge >= 0.3 is 0 Å². The van der Waals surface area contributed by atoms with Crippen LogP contribution in [0.3, 0.4) is 0 Å². The molecule has 30 heavy (non-hydrogen) atoms. The number of hydrogen-bond donors (Lipinski definition) is 1. The number of allylic oxidation sites excluding steroid dienone is 2. The van der Waals surface area contributed by atoms with Crippen molar-refractivity contribution in [2.24, 2.45) is 0 Å². The van der Waals surface area contributed by atoms with E-state index in [4.69, 9.17) is 9.47 Å². The first-order valence-electron chi connectivity index (χ1n) is 10.9. The van der Waals surface area contributed by atoms with E-state index in [1.54, 1.807) is 7.11 Å². The van der Waals surface area contributed by atoms with Crippen molar-refractivity contribution in [2.75, 3.05) is 20.2 Å². The maximum atomic E-state index is 9.72. The zero-order valence-corrected chi connectivity index (χ0v) is 19.9. The summed E-state index contributed by atoms with van der Waals surface area (Å²) < 4.78 is 11.6. The standard InChI is InChI=1S/C22H33NO3.C2H6.C2H2/c1-6-9-17(7-2)14-23(8-3)15-18-10-11-21(25-5)22-20(18)13-19(26-22)12-16(4)24;2*1-2/h6-7,9-11,16,19,24H,8,12-15H2,1-5H3;1-2H3;1-2H/b9-6-,17-7+;;. The summed E-state index contributed by atoms with van der Waals surface area (Å²) in [6, 6.07) is 4.15. The van der Waals surface area contributed by atoms with Crippen molar-refractivity contribution in [1.29, 1.82) is 0 Å². The van der Waals surface area contributed by atoms with Crippen LogP contribution in [0.1, 0.15) is 59.1 Å². The number of likely N-dealkylation sites (N-methyl/N-ethyl adjacent to an activating group) is 1. The molecule has 1 aliphatic heterocycles. The van der Waals surface area contributed by atoms with Crippen LogP contribution in [0.15, 0.2) is 35.9 Å². The van der Waals surface area contributed by atoms with E-state index in [0.29, 0.717) is 6.42 Å². The van der Waals surface area contributed by atoms with Crippen LogP contribution in [-0.2, 0) is 13.0 Å². The number of terminal acetylenes is 1. The molecule has 0 amide bonds. The van der Waals surface area contributed by atoms with Crippen molar-refractivity contribution in [3.05, 3.63) is 47.1 Å². The van der Waals surface area contributed by atoms with Gasteiger partial charge in [-0.2, -0.15) is 0 Å². The zero-order valence-electron chi connectivity index (χ0n) is 19.9. The summed E-state index contributed by atoms with van der Waals surface area (Å²) in [4.78, 5) is 2.43. The van der Waals surface area contributed by atoms with E-state index in [-0.39, 0.29) is 12.2 Å². The second-order valence-corrected chi connectivity index (χ2v) is 6.93. The summed E-state index contributed by atoms with van der Waals surface area (Å²) in [7, 11) is 1.67. The lowest BCUT2D eigenvalue weighted by molar-refractivity contribution is 0.116. The maximum Gasteiger partial charge on any atom is 0.165 e. The van der Waals surface area contributed by atoms with Crippen molar-refractivity contribution >= 4 is 0 Å². The molecule has 1 aliphatic rings. The number of hydrogen-bond acceptors (Lipinski definition) is 4. The summed E-state index contributed by atoms with van der Waals surface area (Å²) in [5.41, 5.74) is 3.83. The van der Waals surface area contributed by atoms with Gasteiger partial charge in [-0.05, 0) is 44.5 Å². The molecule has 0 radical (unpaired) electrons. The summed E-state index contributed by atoms with van der Waals surface area (Å²) in [5, 5.41) is 9.72. The number of rotatable bonds is 9. The summed E-state index contributed by atoms with van der Waals surface area (Å²) in [6.07, 6.45) is 15.5. The third-order valence-electron chi connectivity index (χ3n) is 4.86. The van der Waals surface area contributed by atoms with E-state index in [1.807, 2.05) is 26.8 Å². The van der Waals surface area contributed by atoms with Gasteiger partial charge < -0.3 is 14.6 Å². The van der Waals surface area contributed by atoms with Gasteiger partial charge in [-0.1, -0.05) is 45.1 Å². The van der Waals surface area contributed by atoms with E-state index < -0.39 is 0 Å². The minimum Gasteiger partial charge on any atom is -0.493 e. The van der Waals surface area contributed by atoms with E-state index in [2.05, 4.69) is 62.8 Å². The first-order valence-corrected chi connectivity index (χ1v) is 10.9. The third kappa shape index (κ3) is 8.26. The quantitative estimate of drug-likeness (QED) is 0.434. The number of ether oxygens (including phenoxy) is 2. The van der Waals surface area contributed by atoms with Crippen molar-refractivity contribution in [3.63, 3.8) is 0 Å². The van der Waals surface area contributed by atoms with Gasteiger partial charge in [0.1, 0.15) is 6.10 Å². The Bertz CT molecular complexity index is 689. The van der Waals surface area contributed by atoms with Gasteiger partial charge in [-0.25, -0.2) is 0 Å². The first kappa shape index (κ1) is 27.8. The molecule has 4 heteroatoms. The van der Waals surface area contributed by atoms with Crippen LogP contribution in [0, 0.1) is 12.8 Å². The van der Waals surface area contributed by atoms with Crippen LogP contribution in [0.4, 0.5) is 0 Å². The minimum absolute atomic E-state index is 0.0178. The van der Waals surface area contributed by atoms with E-state index >= 15 is 0 Å². The van der Waals surface area contributed by atoms with Gasteiger partial charge in [0.2, 0.25) is 0 Å². The molecule has 4 nitrogen and oxygen atoms in total. The van der Waals surface area contributed by atoms with Crippen LogP contribution in [-0.4, -0.2) is 42.4 Å². The van der Waals surface area contributed by atoms with Gasteiger partial charge in [0.15, 0.2) is 11.5 Å². The maximum absolute atomic E-state index is 9.72. The number of methoxy groups -OCH3 is 1. The molecule has 0 saturated carbocycles. The van der Waals surface area contributed by atoms with E-state index in [0.717, 1.165) is 37.6 Å². The van der Waals surface area contributed by atoms with E-state index in [9.17, 15) is 5.11 Å². The molecule has 1 heterocycles. The normalized spacial score (nSPS) is 16.1. The lowest BCUT2D eigenvalue weighted by atomic mass is 9.99. The number of nitrogens with zero attached hydrogens (tertiary/aromatic N) is 1. The molecular formula is C26H41NO3. The van der Waals surface area contributed by atoms with Crippen molar-refractivity contribution in [1.82, 2.24) is 4.90 Å². The highest BCUT2D eigenvalue weighted by Crippen LogP contribution is 2.41. The first-order chi connectivity index (χ1) is 14.5. The van der Waals surface area contributed by atoms with Crippen LogP contribution < -0.4 is 9.47 Å². The van der Waals surface area contributed by atoms with Crippen LogP contribution in [0.2, 0.25) is 0 Å². The Morgan fingerprint density at radius 2 is 2.00 bits per heavy atom. The smallest absolute Gasteiger partial charge is 0.165 e. The molecule has 2 atom stereocenters. The molecule has 2 unspecified atom stereocenters.